The molecule has 1 aliphatic rings. The fraction of sp³-hybridized carbons (Fsp3) is 0.375. The van der Waals surface area contributed by atoms with Gasteiger partial charge >= 0.3 is 5.97 Å². The van der Waals surface area contributed by atoms with Crippen molar-refractivity contribution in [3.63, 3.8) is 0 Å². The summed E-state index contributed by atoms with van der Waals surface area (Å²) in [7, 11) is 0. The first kappa shape index (κ1) is 23.6. The van der Waals surface area contributed by atoms with Crippen LogP contribution in [0.2, 0.25) is 0 Å². The van der Waals surface area contributed by atoms with Gasteiger partial charge in [-0.3, -0.25) is 9.20 Å². The highest BCUT2D eigenvalue weighted by Gasteiger charge is 2.27. The Balaban J connectivity index is 1.72. The maximum Gasteiger partial charge on any atom is 0.328 e. The maximum absolute atomic E-state index is 13.3. The summed E-state index contributed by atoms with van der Waals surface area (Å²) in [4.78, 5) is 35.5. The Labute approximate surface area is 200 Å². The Kier molecular flexibility index (Phi) is 7.05. The number of fused-ring (bicyclic) bond motifs is 1. The molecule has 4 heterocycles. The van der Waals surface area contributed by atoms with Crippen molar-refractivity contribution in [2.45, 2.75) is 38.6 Å². The van der Waals surface area contributed by atoms with Crippen LogP contribution in [0.15, 0.2) is 34.6 Å². The highest BCUT2D eigenvalue weighted by atomic mass is 32.1. The summed E-state index contributed by atoms with van der Waals surface area (Å²) in [5, 5.41) is 21.8. The average Bonchev–Trinajstić information content (AvgIpc) is 3.31. The first-order valence-electron chi connectivity index (χ1n) is 11.0. The van der Waals surface area contributed by atoms with E-state index < -0.39 is 17.6 Å². The number of anilines is 1. The van der Waals surface area contributed by atoms with Crippen LogP contribution in [0.1, 0.15) is 41.6 Å². The van der Waals surface area contributed by atoms with E-state index in [-0.39, 0.29) is 18.0 Å². The van der Waals surface area contributed by atoms with Gasteiger partial charge in [0.1, 0.15) is 17.5 Å². The third kappa shape index (κ3) is 5.00. The predicted octanol–water partition coefficient (Wildman–Crippen LogP) is 2.89. The zero-order valence-electron chi connectivity index (χ0n) is 19.0. The number of aliphatic carboxylic acids is 1. The molecule has 34 heavy (non-hydrogen) atoms. The predicted molar refractivity (Wildman–Crippen MR) is 129 cm³/mol. The molecule has 10 heteroatoms. The van der Waals surface area contributed by atoms with Gasteiger partial charge in [-0.15, -0.1) is 11.3 Å². The van der Waals surface area contributed by atoms with Crippen molar-refractivity contribution < 1.29 is 14.6 Å². The second kappa shape index (κ2) is 10.2. The van der Waals surface area contributed by atoms with Gasteiger partial charge in [0.2, 0.25) is 0 Å². The van der Waals surface area contributed by atoms with Crippen LogP contribution in [0.3, 0.4) is 0 Å². The first-order valence-corrected chi connectivity index (χ1v) is 11.9. The van der Waals surface area contributed by atoms with E-state index in [2.05, 4.69) is 30.3 Å². The molecule has 0 aliphatic carbocycles. The zero-order chi connectivity index (χ0) is 24.2. The fourth-order valence-electron chi connectivity index (χ4n) is 3.78. The number of rotatable bonds is 7. The van der Waals surface area contributed by atoms with Gasteiger partial charge in [0.25, 0.3) is 5.56 Å². The summed E-state index contributed by atoms with van der Waals surface area (Å²) in [6.07, 6.45) is 5.33. The van der Waals surface area contributed by atoms with Gasteiger partial charge in [0.05, 0.1) is 35.5 Å². The minimum absolute atomic E-state index is 0.124. The number of nitriles is 1. The Hall–Kier alpha value is -3.55. The molecule has 0 radical (unpaired) electrons. The van der Waals surface area contributed by atoms with E-state index in [1.54, 1.807) is 22.4 Å². The minimum atomic E-state index is -1.17. The Morgan fingerprint density at radius 3 is 2.94 bits per heavy atom. The van der Waals surface area contributed by atoms with Gasteiger partial charge in [0.15, 0.2) is 0 Å². The molecule has 0 bridgehead atoms. The van der Waals surface area contributed by atoms with Crippen LogP contribution < -0.4 is 10.5 Å². The topological polar surface area (TPSA) is 121 Å². The molecule has 4 rings (SSSR count). The number of ether oxygens (including phenoxy) is 1. The molecule has 0 aromatic carbocycles. The smallest absolute Gasteiger partial charge is 0.328 e. The lowest BCUT2D eigenvalue weighted by Gasteiger charge is -2.33. The van der Waals surface area contributed by atoms with Crippen LogP contribution >= 0.6 is 11.3 Å². The molecule has 0 saturated carbocycles. The van der Waals surface area contributed by atoms with Crippen LogP contribution in [0.5, 0.6) is 0 Å². The molecule has 0 spiro atoms. The van der Waals surface area contributed by atoms with Crippen LogP contribution in [-0.2, 0) is 22.4 Å². The molecule has 3 aromatic rings. The summed E-state index contributed by atoms with van der Waals surface area (Å²) in [6, 6.07) is 5.28. The van der Waals surface area contributed by atoms with Crippen LogP contribution in [-0.4, -0.2) is 51.2 Å². The number of carbonyl (C=O) groups is 1. The summed E-state index contributed by atoms with van der Waals surface area (Å²) in [5.41, 5.74) is 2.27. The van der Waals surface area contributed by atoms with Crippen molar-refractivity contribution in [3.8, 4) is 6.07 Å². The summed E-state index contributed by atoms with van der Waals surface area (Å²) in [5.74, 6) is -0.495. The number of nitrogens with zero attached hydrogens (tertiary/aromatic N) is 5. The van der Waals surface area contributed by atoms with Crippen molar-refractivity contribution in [2.24, 2.45) is 0 Å². The van der Waals surface area contributed by atoms with Crippen LogP contribution in [0, 0.1) is 11.3 Å². The van der Waals surface area contributed by atoms with E-state index in [1.165, 1.54) is 10.5 Å². The highest BCUT2D eigenvalue weighted by molar-refractivity contribution is 7.09. The monoisotopic (exact) mass is 479 g/mol. The standard InChI is InChI=1S/C24H25N5O4S/c1-15(2)19-14-34-21(26-19)5-3-16-7-8-29-20(11-16)27-23(18(24(29)32)4-6-22(30)31)28-9-10-33-13-17(28)12-25/h4,6-8,11,14-15,17H,3,5,9-10,13H2,1-2H3,(H,30,31)/b6-4+. The van der Waals surface area contributed by atoms with E-state index in [0.717, 1.165) is 35.2 Å². The van der Waals surface area contributed by atoms with Crippen LogP contribution in [0.25, 0.3) is 11.7 Å². The molecule has 176 valence electrons. The number of thiazole rings is 1. The number of pyridine rings is 1. The van der Waals surface area contributed by atoms with Crippen molar-refractivity contribution in [1.82, 2.24) is 14.4 Å². The van der Waals surface area contributed by atoms with Gasteiger partial charge in [-0.1, -0.05) is 13.8 Å². The van der Waals surface area contributed by atoms with Crippen molar-refractivity contribution in [1.29, 1.82) is 5.26 Å². The normalized spacial score (nSPS) is 16.4. The molecule has 1 atom stereocenters. The first-order chi connectivity index (χ1) is 16.4. The molecule has 1 fully saturated rings. The summed E-state index contributed by atoms with van der Waals surface area (Å²) in [6.45, 7) is 5.18. The largest absolute Gasteiger partial charge is 0.478 e. The number of carboxylic acid groups (broad SMARTS) is 1. The highest BCUT2D eigenvalue weighted by Crippen LogP contribution is 2.23. The summed E-state index contributed by atoms with van der Waals surface area (Å²) < 4.78 is 6.80. The van der Waals surface area contributed by atoms with Crippen LogP contribution in [0.4, 0.5) is 5.82 Å². The Morgan fingerprint density at radius 2 is 2.24 bits per heavy atom. The number of hydrogen-bond donors (Lipinski definition) is 1. The van der Waals surface area contributed by atoms with Crippen molar-refractivity contribution in [3.05, 3.63) is 62.0 Å². The second-order valence-corrected chi connectivity index (χ2v) is 9.27. The number of morpholine rings is 1. The lowest BCUT2D eigenvalue weighted by Crippen LogP contribution is -2.46. The Morgan fingerprint density at radius 1 is 1.41 bits per heavy atom. The summed E-state index contributed by atoms with van der Waals surface area (Å²) >= 11 is 1.65. The molecular weight excluding hydrogens is 454 g/mol. The molecule has 1 saturated heterocycles. The third-order valence-corrected chi connectivity index (χ3v) is 6.57. The molecule has 1 unspecified atom stereocenters. The number of hydrogen-bond acceptors (Lipinski definition) is 8. The SMILES string of the molecule is CC(C)c1csc(CCc2ccn3c(=O)c(/C=C/C(=O)O)c(N4CCOCC4C#N)nc3c2)n1. The molecular formula is C24H25N5O4S. The van der Waals surface area contributed by atoms with E-state index in [9.17, 15) is 14.9 Å². The van der Waals surface area contributed by atoms with E-state index in [1.807, 2.05) is 12.1 Å². The fourth-order valence-corrected chi connectivity index (χ4v) is 4.74. The lowest BCUT2D eigenvalue weighted by atomic mass is 10.1. The quantitative estimate of drug-likeness (QED) is 0.514. The second-order valence-electron chi connectivity index (χ2n) is 8.32. The van der Waals surface area contributed by atoms with Gasteiger partial charge in [-0.25, -0.2) is 14.8 Å². The molecule has 0 amide bonds. The molecule has 1 N–H and O–H groups in total. The number of aromatic nitrogens is 3. The third-order valence-electron chi connectivity index (χ3n) is 5.64. The van der Waals surface area contributed by atoms with Gasteiger partial charge in [-0.2, -0.15) is 5.26 Å². The van der Waals surface area contributed by atoms with E-state index in [4.69, 9.17) is 14.8 Å². The zero-order valence-corrected chi connectivity index (χ0v) is 19.8. The maximum atomic E-state index is 13.3. The molecule has 3 aromatic heterocycles. The van der Waals surface area contributed by atoms with Gasteiger partial charge in [0, 0.05) is 30.6 Å². The van der Waals surface area contributed by atoms with E-state index >= 15 is 0 Å². The van der Waals surface area contributed by atoms with E-state index in [0.29, 0.717) is 24.7 Å². The van der Waals surface area contributed by atoms with Crippen molar-refractivity contribution >= 4 is 34.8 Å². The van der Waals surface area contributed by atoms with Crippen molar-refractivity contribution in [2.75, 3.05) is 24.7 Å². The molecule has 1 aliphatic heterocycles. The minimum Gasteiger partial charge on any atom is -0.478 e. The average molecular weight is 480 g/mol. The molecule has 9 nitrogen and oxygen atoms in total. The lowest BCUT2D eigenvalue weighted by molar-refractivity contribution is -0.131. The van der Waals surface area contributed by atoms with Gasteiger partial charge in [-0.05, 0) is 36.1 Å². The number of carboxylic acids is 1. The number of aryl methyl sites for hydroxylation is 2. The van der Waals surface area contributed by atoms with Gasteiger partial charge < -0.3 is 14.7 Å². The Bertz CT molecular complexity index is 1340.